The fourth-order valence-electron chi connectivity index (χ4n) is 7.49. The average molecular weight is 670 g/mol. The number of rotatable bonds is 12. The molecule has 3 heterocycles. The van der Waals surface area contributed by atoms with Crippen molar-refractivity contribution in [3.63, 3.8) is 0 Å². The van der Waals surface area contributed by atoms with Crippen LogP contribution < -0.4 is 5.32 Å². The van der Waals surface area contributed by atoms with Crippen LogP contribution >= 0.6 is 0 Å². The van der Waals surface area contributed by atoms with Crippen molar-refractivity contribution in [2.45, 2.75) is 90.2 Å². The topological polar surface area (TPSA) is 101 Å². The molecule has 49 heavy (non-hydrogen) atoms. The Morgan fingerprint density at radius 3 is 2.35 bits per heavy atom. The summed E-state index contributed by atoms with van der Waals surface area (Å²) >= 11 is 0. The van der Waals surface area contributed by atoms with E-state index in [2.05, 4.69) is 64.5 Å². The van der Waals surface area contributed by atoms with Crippen molar-refractivity contribution < 1.29 is 28.9 Å². The van der Waals surface area contributed by atoms with E-state index in [1.807, 2.05) is 30.3 Å². The number of benzene rings is 3. The SMILES string of the molecule is CC(=O)OC(C)C(=O)NCc1cccc(-c2ccc(C3OC(CN4CCCC4CN4CCCC4)C(C)C(c4ccc(CO)cc4)O3)cc2)c1. The molecule has 3 aromatic carbocycles. The molecule has 3 aliphatic rings. The number of nitrogens with zero attached hydrogens (tertiary/aromatic N) is 2. The first-order valence-electron chi connectivity index (χ1n) is 17.9. The van der Waals surface area contributed by atoms with Crippen LogP contribution in [0.25, 0.3) is 11.1 Å². The summed E-state index contributed by atoms with van der Waals surface area (Å²) in [6, 6.07) is 25.1. The lowest BCUT2D eigenvalue weighted by Crippen LogP contribution is -2.48. The number of amides is 1. The Morgan fingerprint density at radius 2 is 1.63 bits per heavy atom. The van der Waals surface area contributed by atoms with E-state index in [9.17, 15) is 14.7 Å². The molecule has 3 saturated heterocycles. The van der Waals surface area contributed by atoms with Gasteiger partial charge in [-0.3, -0.25) is 14.5 Å². The Labute approximate surface area is 290 Å². The van der Waals surface area contributed by atoms with Gasteiger partial charge in [-0.25, -0.2) is 0 Å². The first-order chi connectivity index (χ1) is 23.8. The molecule has 2 N–H and O–H groups in total. The third kappa shape index (κ3) is 8.96. The first kappa shape index (κ1) is 35.2. The van der Waals surface area contributed by atoms with Gasteiger partial charge in [0.1, 0.15) is 0 Å². The molecule has 3 aromatic rings. The second-order valence-electron chi connectivity index (χ2n) is 13.9. The van der Waals surface area contributed by atoms with Crippen molar-refractivity contribution in [2.75, 3.05) is 32.7 Å². The largest absolute Gasteiger partial charge is 0.453 e. The van der Waals surface area contributed by atoms with Gasteiger partial charge in [-0.1, -0.05) is 73.7 Å². The predicted molar refractivity (Wildman–Crippen MR) is 188 cm³/mol. The molecule has 262 valence electrons. The maximum atomic E-state index is 12.3. The Morgan fingerprint density at radius 1 is 0.898 bits per heavy atom. The lowest BCUT2D eigenvalue weighted by molar-refractivity contribution is -0.276. The van der Waals surface area contributed by atoms with E-state index in [4.69, 9.17) is 14.2 Å². The third-order valence-corrected chi connectivity index (χ3v) is 10.3. The molecule has 0 aromatic heterocycles. The van der Waals surface area contributed by atoms with E-state index in [1.54, 1.807) is 6.92 Å². The van der Waals surface area contributed by atoms with E-state index >= 15 is 0 Å². The summed E-state index contributed by atoms with van der Waals surface area (Å²) < 4.78 is 18.6. The molecule has 6 unspecified atom stereocenters. The van der Waals surface area contributed by atoms with Gasteiger partial charge in [0.25, 0.3) is 5.91 Å². The second kappa shape index (κ2) is 16.4. The molecule has 9 heteroatoms. The molecule has 6 atom stereocenters. The lowest BCUT2D eigenvalue weighted by Gasteiger charge is -2.43. The summed E-state index contributed by atoms with van der Waals surface area (Å²) in [4.78, 5) is 28.8. The fraction of sp³-hybridized carbons (Fsp3) is 0.500. The maximum Gasteiger partial charge on any atom is 0.303 e. The predicted octanol–water partition coefficient (Wildman–Crippen LogP) is 5.77. The summed E-state index contributed by atoms with van der Waals surface area (Å²) in [5.41, 5.74) is 5.97. The summed E-state index contributed by atoms with van der Waals surface area (Å²) in [6.07, 6.45) is 3.59. The number of carbonyl (C=O) groups excluding carboxylic acids is 2. The second-order valence-corrected chi connectivity index (χ2v) is 13.9. The van der Waals surface area contributed by atoms with Crippen LogP contribution in [-0.4, -0.2) is 77.8 Å². The molecule has 0 spiro atoms. The van der Waals surface area contributed by atoms with Gasteiger partial charge >= 0.3 is 5.97 Å². The van der Waals surface area contributed by atoms with E-state index in [0.29, 0.717) is 12.6 Å². The number of hydrogen-bond donors (Lipinski definition) is 2. The van der Waals surface area contributed by atoms with Crippen molar-refractivity contribution in [1.82, 2.24) is 15.1 Å². The molecular weight excluding hydrogens is 618 g/mol. The highest BCUT2D eigenvalue weighted by atomic mass is 16.7. The molecule has 9 nitrogen and oxygen atoms in total. The number of hydrogen-bond acceptors (Lipinski definition) is 8. The number of esters is 1. The van der Waals surface area contributed by atoms with Crippen LogP contribution in [0.4, 0.5) is 0 Å². The number of nitrogens with one attached hydrogen (secondary N) is 1. The molecule has 3 aliphatic heterocycles. The number of ether oxygens (including phenoxy) is 3. The molecule has 0 radical (unpaired) electrons. The monoisotopic (exact) mass is 669 g/mol. The summed E-state index contributed by atoms with van der Waals surface area (Å²) in [5, 5.41) is 12.5. The normalized spacial score (nSPS) is 25.3. The zero-order valence-electron chi connectivity index (χ0n) is 29.1. The van der Waals surface area contributed by atoms with Crippen LogP contribution in [0.3, 0.4) is 0 Å². The van der Waals surface area contributed by atoms with Gasteiger partial charge in [-0.05, 0) is 86.1 Å². The lowest BCUT2D eigenvalue weighted by atomic mass is 9.89. The molecule has 0 aliphatic carbocycles. The number of aliphatic hydroxyl groups is 1. The van der Waals surface area contributed by atoms with Gasteiger partial charge in [0.2, 0.25) is 0 Å². The molecule has 0 saturated carbocycles. The smallest absolute Gasteiger partial charge is 0.303 e. The minimum atomic E-state index is -0.841. The Balaban J connectivity index is 1.17. The van der Waals surface area contributed by atoms with E-state index < -0.39 is 18.4 Å². The number of carbonyl (C=O) groups is 2. The Hall–Kier alpha value is -3.60. The molecule has 3 fully saturated rings. The number of likely N-dealkylation sites (tertiary alicyclic amines) is 2. The summed E-state index contributed by atoms with van der Waals surface area (Å²) in [6.45, 7) is 11.0. The van der Waals surface area contributed by atoms with Gasteiger partial charge in [0, 0.05) is 44.1 Å². The highest BCUT2D eigenvalue weighted by Crippen LogP contribution is 2.42. The average Bonchev–Trinajstić information content (AvgIpc) is 3.80. The Kier molecular flexibility index (Phi) is 11.8. The van der Waals surface area contributed by atoms with Crippen LogP contribution in [0.2, 0.25) is 0 Å². The van der Waals surface area contributed by atoms with E-state index in [-0.39, 0.29) is 30.6 Å². The van der Waals surface area contributed by atoms with Crippen LogP contribution in [0.15, 0.2) is 72.8 Å². The molecular formula is C40H51N3O6. The van der Waals surface area contributed by atoms with Crippen molar-refractivity contribution in [3.8, 4) is 11.1 Å². The van der Waals surface area contributed by atoms with Crippen molar-refractivity contribution >= 4 is 11.9 Å². The molecule has 6 rings (SSSR count). The molecule has 1 amide bonds. The van der Waals surface area contributed by atoms with Gasteiger partial charge in [0.05, 0.1) is 18.8 Å². The summed E-state index contributed by atoms with van der Waals surface area (Å²) in [5.74, 6) is -0.675. The maximum absolute atomic E-state index is 12.3. The molecule has 0 bridgehead atoms. The fourth-order valence-corrected chi connectivity index (χ4v) is 7.49. The van der Waals surface area contributed by atoms with Gasteiger partial charge in [-0.2, -0.15) is 0 Å². The van der Waals surface area contributed by atoms with Crippen molar-refractivity contribution in [3.05, 3.63) is 95.1 Å². The first-order valence-corrected chi connectivity index (χ1v) is 17.9. The highest BCUT2D eigenvalue weighted by molar-refractivity contribution is 5.82. The van der Waals surface area contributed by atoms with Crippen LogP contribution in [0.5, 0.6) is 0 Å². The van der Waals surface area contributed by atoms with Crippen LogP contribution in [0, 0.1) is 5.92 Å². The third-order valence-electron chi connectivity index (χ3n) is 10.3. The highest BCUT2D eigenvalue weighted by Gasteiger charge is 2.40. The van der Waals surface area contributed by atoms with Crippen molar-refractivity contribution in [2.24, 2.45) is 5.92 Å². The quantitative estimate of drug-likeness (QED) is 0.235. The summed E-state index contributed by atoms with van der Waals surface area (Å²) in [7, 11) is 0. The number of aliphatic hydroxyl groups excluding tert-OH is 1. The zero-order valence-corrected chi connectivity index (χ0v) is 29.1. The van der Waals surface area contributed by atoms with Gasteiger partial charge < -0.3 is 29.5 Å². The van der Waals surface area contributed by atoms with Crippen molar-refractivity contribution in [1.29, 1.82) is 0 Å². The van der Waals surface area contributed by atoms with Gasteiger partial charge in [-0.15, -0.1) is 0 Å². The zero-order chi connectivity index (χ0) is 34.3. The van der Waals surface area contributed by atoms with Crippen LogP contribution in [-0.2, 0) is 37.0 Å². The minimum absolute atomic E-state index is 0.00409. The minimum Gasteiger partial charge on any atom is -0.453 e. The Bertz CT molecular complexity index is 1540. The van der Waals surface area contributed by atoms with E-state index in [1.165, 1.54) is 45.7 Å². The standard InChI is InChI=1S/C40H51N3O6/c1-27-37(25-43-21-7-10-36(43)24-42-19-4-5-20-42)48-40(49-38(27)33-13-11-30(26-44)12-14-33)34-17-15-32(16-18-34)35-9-6-8-31(22-35)23-41-39(46)28(2)47-29(3)45/h6,8-9,11-18,22,27-28,36-38,40,44H,4-5,7,10,19-21,23-26H2,1-3H3,(H,41,46). The van der Waals surface area contributed by atoms with Crippen LogP contribution in [0.1, 0.15) is 81.1 Å². The van der Waals surface area contributed by atoms with E-state index in [0.717, 1.165) is 53.0 Å². The van der Waals surface area contributed by atoms with Gasteiger partial charge in [0.15, 0.2) is 12.4 Å².